The van der Waals surface area contributed by atoms with E-state index < -0.39 is 15.7 Å². The summed E-state index contributed by atoms with van der Waals surface area (Å²) in [5.74, 6) is -1.34. The largest absolute Gasteiger partial charge is 0.326 e. The highest BCUT2D eigenvalue weighted by molar-refractivity contribution is 7.91. The van der Waals surface area contributed by atoms with Crippen LogP contribution in [0.25, 0.3) is 21.6 Å². The average molecular weight is 542 g/mol. The van der Waals surface area contributed by atoms with E-state index in [9.17, 15) is 22.4 Å². The molecule has 0 spiro atoms. The summed E-state index contributed by atoms with van der Waals surface area (Å²) in [7, 11) is -3.53. The molecule has 0 fully saturated rings. The van der Waals surface area contributed by atoms with Crippen molar-refractivity contribution in [3.8, 4) is 21.6 Å². The minimum Gasteiger partial charge on any atom is -0.326 e. The van der Waals surface area contributed by atoms with Crippen LogP contribution in [0.4, 0.5) is 10.1 Å². The lowest BCUT2D eigenvalue weighted by Gasteiger charge is -2.11. The van der Waals surface area contributed by atoms with Crippen molar-refractivity contribution >= 4 is 50.2 Å². The van der Waals surface area contributed by atoms with Crippen LogP contribution >= 0.6 is 22.9 Å². The van der Waals surface area contributed by atoms with Crippen LogP contribution in [0.3, 0.4) is 0 Å². The van der Waals surface area contributed by atoms with Gasteiger partial charge in [-0.05, 0) is 54.1 Å². The van der Waals surface area contributed by atoms with Crippen molar-refractivity contribution in [2.75, 3.05) is 11.1 Å². The van der Waals surface area contributed by atoms with E-state index in [4.69, 9.17) is 11.6 Å². The third-order valence-corrected chi connectivity index (χ3v) is 8.60. The Morgan fingerprint density at radius 1 is 0.972 bits per heavy atom. The molecule has 36 heavy (non-hydrogen) atoms. The molecule has 1 heterocycles. The monoisotopic (exact) mass is 541 g/mol. The zero-order chi connectivity index (χ0) is 26.0. The lowest BCUT2D eigenvalue weighted by atomic mass is 10.0. The lowest BCUT2D eigenvalue weighted by molar-refractivity contribution is -0.114. The van der Waals surface area contributed by atoms with E-state index in [-0.39, 0.29) is 27.9 Å². The van der Waals surface area contributed by atoms with Gasteiger partial charge in [-0.1, -0.05) is 42.8 Å². The van der Waals surface area contributed by atoms with Crippen LogP contribution in [-0.2, 0) is 14.6 Å². The van der Waals surface area contributed by atoms with E-state index in [0.717, 1.165) is 11.3 Å². The summed E-state index contributed by atoms with van der Waals surface area (Å²) < 4.78 is 39.1. The lowest BCUT2D eigenvalue weighted by Crippen LogP contribution is -2.08. The molecular formula is C27H21ClFNO4S2. The second kappa shape index (κ2) is 10.3. The van der Waals surface area contributed by atoms with E-state index in [1.54, 1.807) is 37.3 Å². The van der Waals surface area contributed by atoms with Gasteiger partial charge in [-0.25, -0.2) is 12.8 Å². The molecule has 0 atom stereocenters. The maximum absolute atomic E-state index is 13.9. The molecule has 1 N–H and O–H groups in total. The molecule has 0 saturated carbocycles. The number of rotatable bonds is 7. The molecule has 3 aromatic carbocycles. The Bertz CT molecular complexity index is 1600. The number of sulfone groups is 1. The van der Waals surface area contributed by atoms with Gasteiger partial charge in [0, 0.05) is 39.2 Å². The zero-order valence-electron chi connectivity index (χ0n) is 19.3. The molecule has 9 heteroatoms. The zero-order valence-corrected chi connectivity index (χ0v) is 21.7. The smallest absolute Gasteiger partial charge is 0.221 e. The van der Waals surface area contributed by atoms with Crippen LogP contribution in [0.5, 0.6) is 0 Å². The van der Waals surface area contributed by atoms with Gasteiger partial charge in [-0.15, -0.1) is 11.3 Å². The van der Waals surface area contributed by atoms with Crippen molar-refractivity contribution in [1.29, 1.82) is 0 Å². The van der Waals surface area contributed by atoms with Crippen LogP contribution in [0.1, 0.15) is 29.1 Å². The van der Waals surface area contributed by atoms with E-state index in [2.05, 4.69) is 5.32 Å². The molecule has 0 saturated heterocycles. The number of ketones is 1. The highest BCUT2D eigenvalue weighted by atomic mass is 35.5. The van der Waals surface area contributed by atoms with Gasteiger partial charge in [0.25, 0.3) is 0 Å². The standard InChI is InChI=1S/C27H21ClFNO4S2/c1-3-36(33,34)21-10-11-24(30-16(2)31)23(14-21)25-15-22(17-6-4-8-19(28)12-17)27(35-25)26(32)18-7-5-9-20(29)13-18/h4-15H,3H2,1-2H3,(H,30,31). The number of benzene rings is 3. The minimum absolute atomic E-state index is 0.0898. The van der Waals surface area contributed by atoms with E-state index >= 15 is 0 Å². The fourth-order valence-corrected chi connectivity index (χ4v) is 5.98. The first-order valence-electron chi connectivity index (χ1n) is 10.9. The topological polar surface area (TPSA) is 80.3 Å². The minimum atomic E-state index is -3.53. The molecule has 5 nitrogen and oxygen atoms in total. The normalized spacial score (nSPS) is 11.3. The molecule has 1 amide bonds. The number of hydrogen-bond donors (Lipinski definition) is 1. The summed E-state index contributed by atoms with van der Waals surface area (Å²) >= 11 is 7.34. The van der Waals surface area contributed by atoms with Crippen molar-refractivity contribution in [1.82, 2.24) is 0 Å². The molecule has 0 unspecified atom stereocenters. The number of carbonyl (C=O) groups excluding carboxylic acids is 2. The molecule has 184 valence electrons. The van der Waals surface area contributed by atoms with E-state index in [1.165, 1.54) is 49.4 Å². The predicted octanol–water partition coefficient (Wildman–Crippen LogP) is 6.86. The summed E-state index contributed by atoms with van der Waals surface area (Å²) in [6, 6.07) is 18.6. The first-order valence-corrected chi connectivity index (χ1v) is 13.8. The highest BCUT2D eigenvalue weighted by Crippen LogP contribution is 2.42. The molecule has 4 aromatic rings. The first kappa shape index (κ1) is 25.8. The van der Waals surface area contributed by atoms with Gasteiger partial charge in [-0.3, -0.25) is 9.59 Å². The van der Waals surface area contributed by atoms with Gasteiger partial charge in [0.2, 0.25) is 11.7 Å². The maximum Gasteiger partial charge on any atom is 0.221 e. The van der Waals surface area contributed by atoms with Gasteiger partial charge >= 0.3 is 0 Å². The number of carbonyl (C=O) groups is 2. The highest BCUT2D eigenvalue weighted by Gasteiger charge is 2.23. The Hall–Kier alpha value is -3.33. The maximum atomic E-state index is 13.9. The molecular weight excluding hydrogens is 521 g/mol. The second-order valence-corrected chi connectivity index (χ2v) is 11.8. The van der Waals surface area contributed by atoms with Crippen LogP contribution in [0.2, 0.25) is 5.02 Å². The van der Waals surface area contributed by atoms with E-state index in [0.29, 0.717) is 37.2 Å². The third kappa shape index (κ3) is 5.41. The van der Waals surface area contributed by atoms with Gasteiger partial charge in [0.05, 0.1) is 15.5 Å². The molecule has 4 rings (SSSR count). The van der Waals surface area contributed by atoms with Gasteiger partial charge in [0.15, 0.2) is 9.84 Å². The number of amides is 1. The number of halogens is 2. The van der Waals surface area contributed by atoms with Crippen LogP contribution in [0.15, 0.2) is 77.7 Å². The summed E-state index contributed by atoms with van der Waals surface area (Å²) in [4.78, 5) is 26.4. The summed E-state index contributed by atoms with van der Waals surface area (Å²) in [6.07, 6.45) is 0. The van der Waals surface area contributed by atoms with Crippen molar-refractivity contribution in [3.05, 3.63) is 94.1 Å². The Morgan fingerprint density at radius 3 is 2.39 bits per heavy atom. The van der Waals surface area contributed by atoms with Crippen molar-refractivity contribution in [3.63, 3.8) is 0 Å². The molecule has 0 aliphatic rings. The molecule has 1 aromatic heterocycles. The van der Waals surface area contributed by atoms with Crippen molar-refractivity contribution in [2.24, 2.45) is 0 Å². The predicted molar refractivity (Wildman–Crippen MR) is 142 cm³/mol. The average Bonchev–Trinajstić information content (AvgIpc) is 3.28. The number of thiophene rings is 1. The van der Waals surface area contributed by atoms with Crippen molar-refractivity contribution < 1.29 is 22.4 Å². The number of nitrogens with one attached hydrogen (secondary N) is 1. The van der Waals surface area contributed by atoms with Crippen LogP contribution in [-0.4, -0.2) is 25.9 Å². The number of anilines is 1. The Labute approximate surface area is 217 Å². The molecule has 0 aliphatic carbocycles. The summed E-state index contributed by atoms with van der Waals surface area (Å²) in [5, 5.41) is 3.20. The molecule has 0 aliphatic heterocycles. The summed E-state index contributed by atoms with van der Waals surface area (Å²) in [6.45, 7) is 2.90. The number of hydrogen-bond acceptors (Lipinski definition) is 5. The first-order chi connectivity index (χ1) is 17.1. The fourth-order valence-electron chi connectivity index (χ4n) is 3.71. The molecule has 0 radical (unpaired) electrons. The van der Waals surface area contributed by atoms with Gasteiger partial charge in [-0.2, -0.15) is 0 Å². The summed E-state index contributed by atoms with van der Waals surface area (Å²) in [5.41, 5.74) is 2.26. The SMILES string of the molecule is CCS(=O)(=O)c1ccc(NC(C)=O)c(-c2cc(-c3cccc(Cl)c3)c(C(=O)c3cccc(F)c3)s2)c1. The quantitative estimate of drug-likeness (QED) is 0.259. The van der Waals surface area contributed by atoms with E-state index in [1.807, 2.05) is 0 Å². The second-order valence-electron chi connectivity index (χ2n) is 8.00. The Morgan fingerprint density at radius 2 is 1.72 bits per heavy atom. The van der Waals surface area contributed by atoms with Crippen LogP contribution in [0, 0.1) is 5.82 Å². The van der Waals surface area contributed by atoms with Crippen LogP contribution < -0.4 is 5.32 Å². The Kier molecular flexibility index (Phi) is 7.40. The Balaban J connectivity index is 1.97. The van der Waals surface area contributed by atoms with Gasteiger partial charge < -0.3 is 5.32 Å². The van der Waals surface area contributed by atoms with Gasteiger partial charge in [0.1, 0.15) is 5.82 Å². The fraction of sp³-hybridized carbons (Fsp3) is 0.111. The molecule has 0 bridgehead atoms. The van der Waals surface area contributed by atoms with Crippen molar-refractivity contribution in [2.45, 2.75) is 18.7 Å². The third-order valence-electron chi connectivity index (χ3n) is 5.47.